The molecule has 1 aromatic heterocycles. The number of rotatable bonds is 7. The van der Waals surface area contributed by atoms with Gasteiger partial charge < -0.3 is 9.32 Å². The zero-order chi connectivity index (χ0) is 37.8. The largest absolute Gasteiger partial charge is 0.455 e. The van der Waals surface area contributed by atoms with E-state index in [1.54, 1.807) is 0 Å². The smallest absolute Gasteiger partial charge is 0.143 e. The Bertz CT molecular complexity index is 3120. The molecular weight excluding hydrogens is 691 g/mol. The molecule has 2 aliphatic carbocycles. The summed E-state index contributed by atoms with van der Waals surface area (Å²) >= 11 is 0. The summed E-state index contributed by atoms with van der Waals surface area (Å²) in [6, 6.07) is 70.2. The van der Waals surface area contributed by atoms with Crippen LogP contribution in [0.3, 0.4) is 0 Å². The number of hydrogen-bond donors (Lipinski definition) is 0. The van der Waals surface area contributed by atoms with Gasteiger partial charge in [0, 0.05) is 39.0 Å². The first kappa shape index (κ1) is 32.8. The summed E-state index contributed by atoms with van der Waals surface area (Å²) in [6.45, 7) is 0. The van der Waals surface area contributed by atoms with Crippen LogP contribution >= 0.6 is 0 Å². The van der Waals surface area contributed by atoms with Crippen molar-refractivity contribution in [1.29, 1.82) is 0 Å². The van der Waals surface area contributed by atoms with E-state index in [1.807, 2.05) is 18.2 Å². The molecule has 1 unspecified atom stereocenters. The molecule has 0 fully saturated rings. The lowest BCUT2D eigenvalue weighted by atomic mass is 9.67. The van der Waals surface area contributed by atoms with Gasteiger partial charge in [-0.05, 0) is 99.1 Å². The second kappa shape index (κ2) is 13.3. The maximum atomic E-state index is 6.77. The zero-order valence-corrected chi connectivity index (χ0v) is 31.1. The molecule has 2 nitrogen and oxygen atoms in total. The summed E-state index contributed by atoms with van der Waals surface area (Å²) in [4.78, 5) is 2.37. The van der Waals surface area contributed by atoms with Crippen LogP contribution in [-0.2, 0) is 5.41 Å². The van der Waals surface area contributed by atoms with E-state index in [0.717, 1.165) is 55.7 Å². The van der Waals surface area contributed by atoms with Crippen molar-refractivity contribution in [2.24, 2.45) is 0 Å². The minimum absolute atomic E-state index is 0.608. The zero-order valence-electron chi connectivity index (χ0n) is 31.1. The Morgan fingerprint density at radius 2 is 1.14 bits per heavy atom. The number of hydrogen-bond acceptors (Lipinski definition) is 2. The maximum absolute atomic E-state index is 6.77. The fraction of sp³-hybridized carbons (Fsp3) is 0.0182. The lowest BCUT2D eigenvalue weighted by Crippen LogP contribution is -2.28. The van der Waals surface area contributed by atoms with Crippen molar-refractivity contribution < 1.29 is 4.42 Å². The van der Waals surface area contributed by atoms with E-state index in [-0.39, 0.29) is 0 Å². The van der Waals surface area contributed by atoms with Gasteiger partial charge in [-0.25, -0.2) is 0 Å². The summed E-state index contributed by atoms with van der Waals surface area (Å²) in [5.41, 5.74) is 22.5. The third-order valence-electron chi connectivity index (χ3n) is 11.6. The Morgan fingerprint density at radius 3 is 1.91 bits per heavy atom. The number of anilines is 3. The Hall–Kier alpha value is -7.60. The molecule has 2 aliphatic rings. The van der Waals surface area contributed by atoms with E-state index in [4.69, 9.17) is 4.42 Å². The SMILES string of the molecule is C1=C=C(c2ccc(N(c3ccc(-c4ccccc4)cc3)c3cccc(C4(c5ccccc5)c5ccccc5-c5c4ccc4c5oc5ccccc54)c3)cc2)C=CC=1. The van der Waals surface area contributed by atoms with E-state index in [1.165, 1.54) is 38.9 Å². The number of benzene rings is 8. The average molecular weight is 726 g/mol. The normalized spacial score (nSPS) is 15.1. The van der Waals surface area contributed by atoms with Gasteiger partial charge in [-0.1, -0.05) is 169 Å². The first-order valence-corrected chi connectivity index (χ1v) is 19.4. The van der Waals surface area contributed by atoms with Crippen molar-refractivity contribution in [3.05, 3.63) is 252 Å². The molecule has 0 saturated carbocycles. The van der Waals surface area contributed by atoms with Crippen molar-refractivity contribution in [2.45, 2.75) is 5.41 Å². The number of fused-ring (bicyclic) bond motifs is 7. The van der Waals surface area contributed by atoms with E-state index >= 15 is 0 Å². The average Bonchev–Trinajstić information content (AvgIpc) is 3.82. The third-order valence-corrected chi connectivity index (χ3v) is 11.6. The maximum Gasteiger partial charge on any atom is 0.143 e. The van der Waals surface area contributed by atoms with Crippen LogP contribution in [0.4, 0.5) is 17.1 Å². The van der Waals surface area contributed by atoms with Crippen LogP contribution in [0.5, 0.6) is 0 Å². The lowest BCUT2D eigenvalue weighted by molar-refractivity contribution is 0.669. The topological polar surface area (TPSA) is 16.4 Å². The van der Waals surface area contributed by atoms with Gasteiger partial charge in [-0.15, -0.1) is 0 Å². The van der Waals surface area contributed by atoms with Crippen molar-refractivity contribution in [3.8, 4) is 22.3 Å². The summed E-state index contributed by atoms with van der Waals surface area (Å²) in [6.07, 6.45) is 5.97. The van der Waals surface area contributed by atoms with Gasteiger partial charge in [0.25, 0.3) is 0 Å². The molecule has 0 bridgehead atoms. The number of allylic oxidation sites excluding steroid dienone is 4. The summed E-state index contributed by atoms with van der Waals surface area (Å²) in [5, 5.41) is 2.27. The van der Waals surface area contributed by atoms with Crippen molar-refractivity contribution in [1.82, 2.24) is 0 Å². The lowest BCUT2D eigenvalue weighted by Gasteiger charge is -2.35. The minimum atomic E-state index is -0.608. The fourth-order valence-corrected chi connectivity index (χ4v) is 9.09. The van der Waals surface area contributed by atoms with E-state index in [9.17, 15) is 0 Å². The monoisotopic (exact) mass is 725 g/mol. The van der Waals surface area contributed by atoms with Crippen LogP contribution in [0.25, 0.3) is 49.8 Å². The first-order chi connectivity index (χ1) is 28.3. The van der Waals surface area contributed by atoms with Gasteiger partial charge in [0.2, 0.25) is 0 Å². The molecule has 9 aromatic rings. The molecule has 0 spiro atoms. The molecule has 1 heterocycles. The van der Waals surface area contributed by atoms with E-state index in [2.05, 4.69) is 210 Å². The number of para-hydroxylation sites is 1. The second-order valence-corrected chi connectivity index (χ2v) is 14.7. The number of nitrogens with zero attached hydrogens (tertiary/aromatic N) is 1. The van der Waals surface area contributed by atoms with Crippen LogP contribution in [0.1, 0.15) is 27.8 Å². The van der Waals surface area contributed by atoms with E-state index in [0.29, 0.717) is 0 Å². The Kier molecular flexibility index (Phi) is 7.66. The molecule has 0 radical (unpaired) electrons. The molecule has 0 saturated heterocycles. The van der Waals surface area contributed by atoms with Gasteiger partial charge in [0.1, 0.15) is 11.2 Å². The molecule has 11 rings (SSSR count). The molecule has 0 amide bonds. The van der Waals surface area contributed by atoms with Crippen molar-refractivity contribution in [3.63, 3.8) is 0 Å². The minimum Gasteiger partial charge on any atom is -0.455 e. The van der Waals surface area contributed by atoms with Crippen LogP contribution in [0, 0.1) is 0 Å². The Balaban J connectivity index is 1.14. The quantitative estimate of drug-likeness (QED) is 0.152. The highest BCUT2D eigenvalue weighted by Crippen LogP contribution is 2.59. The van der Waals surface area contributed by atoms with Gasteiger partial charge in [-0.3, -0.25) is 0 Å². The van der Waals surface area contributed by atoms with Gasteiger partial charge in [-0.2, -0.15) is 0 Å². The van der Waals surface area contributed by atoms with Crippen molar-refractivity contribution >= 4 is 44.6 Å². The van der Waals surface area contributed by atoms with E-state index < -0.39 is 5.41 Å². The summed E-state index contributed by atoms with van der Waals surface area (Å²) in [5.74, 6) is 0. The highest BCUT2D eigenvalue weighted by atomic mass is 16.3. The molecule has 57 heavy (non-hydrogen) atoms. The van der Waals surface area contributed by atoms with Crippen LogP contribution in [0.2, 0.25) is 0 Å². The standard InChI is InChI=1S/C55H35NO/c1-4-15-38(16-5-1)40-27-31-44(32-28-40)56(45-33-29-41(30-34-45)39-17-6-2-7-18-39)46-22-14-21-43(37-46)55(42-19-8-3-9-20-42)50-25-12-10-24-49(50)53-51(55)36-35-48-47-23-11-13-26-52(47)57-54(48)53/h1-6,8-17,19-37H. The summed E-state index contributed by atoms with van der Waals surface area (Å²) < 4.78 is 6.77. The molecule has 0 aliphatic heterocycles. The van der Waals surface area contributed by atoms with Gasteiger partial charge >= 0.3 is 0 Å². The first-order valence-electron chi connectivity index (χ1n) is 19.4. The van der Waals surface area contributed by atoms with Crippen molar-refractivity contribution in [2.75, 3.05) is 4.90 Å². The molecule has 2 heteroatoms. The molecule has 266 valence electrons. The molecule has 1 atom stereocenters. The Labute approximate surface area is 331 Å². The molecule has 8 aromatic carbocycles. The Morgan fingerprint density at radius 1 is 0.474 bits per heavy atom. The fourth-order valence-electron chi connectivity index (χ4n) is 9.09. The molecule has 0 N–H and O–H groups in total. The highest BCUT2D eigenvalue weighted by Gasteiger charge is 2.47. The predicted octanol–water partition coefficient (Wildman–Crippen LogP) is 14.3. The molecular formula is C55H35NO. The van der Waals surface area contributed by atoms with Gasteiger partial charge in [0.05, 0.1) is 5.41 Å². The third kappa shape index (κ3) is 5.21. The summed E-state index contributed by atoms with van der Waals surface area (Å²) in [7, 11) is 0. The predicted molar refractivity (Wildman–Crippen MR) is 235 cm³/mol. The van der Waals surface area contributed by atoms with Crippen LogP contribution in [-0.4, -0.2) is 0 Å². The van der Waals surface area contributed by atoms with Crippen LogP contribution in [0.15, 0.2) is 228 Å². The van der Waals surface area contributed by atoms with Crippen LogP contribution < -0.4 is 4.90 Å². The highest BCUT2D eigenvalue weighted by molar-refractivity contribution is 6.12. The van der Waals surface area contributed by atoms with Gasteiger partial charge in [0.15, 0.2) is 0 Å². The second-order valence-electron chi connectivity index (χ2n) is 14.7. The number of furan rings is 1.